The van der Waals surface area contributed by atoms with Crippen molar-refractivity contribution >= 4 is 60.9 Å². The summed E-state index contributed by atoms with van der Waals surface area (Å²) < 4.78 is 12.7. The summed E-state index contributed by atoms with van der Waals surface area (Å²) >= 11 is 0. The summed E-state index contributed by atoms with van der Waals surface area (Å²) in [5, 5.41) is 4.36. The minimum atomic E-state index is 0.601. The van der Waals surface area contributed by atoms with E-state index in [1.807, 2.05) is 42.5 Å². The van der Waals surface area contributed by atoms with E-state index < -0.39 is 0 Å². The van der Waals surface area contributed by atoms with Crippen molar-refractivity contribution in [1.29, 1.82) is 0 Å². The van der Waals surface area contributed by atoms with Gasteiger partial charge in [0.15, 0.2) is 5.58 Å². The SMILES string of the molecule is c1ccc(-c2nc3ccc4oc5ccc(-c6ccc(N(c7ccc8ccccc8c7)c7ccccc7-c7ccccc7)cc6)cc5c4c3o2)cc1. The van der Waals surface area contributed by atoms with E-state index in [4.69, 9.17) is 13.8 Å². The Kier molecular flexibility index (Phi) is 6.78. The molecule has 2 heterocycles. The van der Waals surface area contributed by atoms with Crippen molar-refractivity contribution in [3.05, 3.63) is 182 Å². The van der Waals surface area contributed by atoms with E-state index in [2.05, 4.69) is 144 Å². The molecule has 0 aliphatic heterocycles. The summed E-state index contributed by atoms with van der Waals surface area (Å²) in [6, 6.07) is 63.6. The first-order chi connectivity index (χ1) is 25.3. The number of hydrogen-bond acceptors (Lipinski definition) is 4. The molecule has 240 valence electrons. The molecule has 4 nitrogen and oxygen atoms in total. The van der Waals surface area contributed by atoms with Gasteiger partial charge in [0.2, 0.25) is 5.89 Å². The predicted octanol–water partition coefficient (Wildman–Crippen LogP) is 13.4. The van der Waals surface area contributed by atoms with E-state index in [9.17, 15) is 0 Å². The fourth-order valence-electron chi connectivity index (χ4n) is 7.21. The van der Waals surface area contributed by atoms with E-state index in [-0.39, 0.29) is 0 Å². The normalized spacial score (nSPS) is 11.5. The number of nitrogens with zero attached hydrogens (tertiary/aromatic N) is 2. The fourth-order valence-corrected chi connectivity index (χ4v) is 7.21. The van der Waals surface area contributed by atoms with Crippen LogP contribution in [0.25, 0.3) is 77.5 Å². The molecule has 0 unspecified atom stereocenters. The number of benzene rings is 8. The van der Waals surface area contributed by atoms with Gasteiger partial charge in [-0.05, 0) is 94.2 Å². The Morgan fingerprint density at radius 1 is 0.431 bits per heavy atom. The van der Waals surface area contributed by atoms with Crippen molar-refractivity contribution in [2.75, 3.05) is 4.90 Å². The second kappa shape index (κ2) is 11.9. The van der Waals surface area contributed by atoms with Gasteiger partial charge in [0.25, 0.3) is 0 Å². The van der Waals surface area contributed by atoms with Gasteiger partial charge < -0.3 is 13.7 Å². The van der Waals surface area contributed by atoms with Gasteiger partial charge in [-0.25, -0.2) is 4.98 Å². The quantitative estimate of drug-likeness (QED) is 0.179. The number of hydrogen-bond donors (Lipinski definition) is 0. The van der Waals surface area contributed by atoms with Gasteiger partial charge in [-0.15, -0.1) is 0 Å². The minimum Gasteiger partial charge on any atom is -0.456 e. The maximum Gasteiger partial charge on any atom is 0.227 e. The topological polar surface area (TPSA) is 42.4 Å². The highest BCUT2D eigenvalue weighted by Crippen LogP contribution is 2.43. The molecule has 0 N–H and O–H groups in total. The maximum atomic E-state index is 6.40. The molecule has 0 radical (unpaired) electrons. The van der Waals surface area contributed by atoms with E-state index in [1.54, 1.807) is 0 Å². The average molecular weight is 655 g/mol. The molecule has 51 heavy (non-hydrogen) atoms. The fraction of sp³-hybridized carbons (Fsp3) is 0. The van der Waals surface area contributed by atoms with Gasteiger partial charge in [-0.3, -0.25) is 0 Å². The van der Waals surface area contributed by atoms with Crippen molar-refractivity contribution < 1.29 is 8.83 Å². The van der Waals surface area contributed by atoms with Crippen LogP contribution in [-0.2, 0) is 0 Å². The van der Waals surface area contributed by atoms with Crippen LogP contribution >= 0.6 is 0 Å². The van der Waals surface area contributed by atoms with E-state index >= 15 is 0 Å². The Morgan fingerprint density at radius 3 is 1.92 bits per heavy atom. The number of anilines is 3. The van der Waals surface area contributed by atoms with E-state index in [0.29, 0.717) is 5.89 Å². The summed E-state index contributed by atoms with van der Waals surface area (Å²) in [5.41, 5.74) is 11.9. The van der Waals surface area contributed by atoms with Crippen molar-refractivity contribution in [3.63, 3.8) is 0 Å². The molecule has 2 aromatic heterocycles. The zero-order chi connectivity index (χ0) is 33.7. The first-order valence-electron chi connectivity index (χ1n) is 17.1. The first kappa shape index (κ1) is 29.0. The lowest BCUT2D eigenvalue weighted by Crippen LogP contribution is -2.11. The van der Waals surface area contributed by atoms with Crippen LogP contribution < -0.4 is 4.90 Å². The molecule has 10 rings (SSSR count). The van der Waals surface area contributed by atoms with Crippen LogP contribution in [0.5, 0.6) is 0 Å². The standard InChI is InChI=1S/C47H30N2O2/c1-3-12-33(13-4-1)39-17-9-10-18-42(39)49(38-25-21-31-11-7-8-16-35(31)29-38)37-23-19-32(20-24-37)36-22-27-43-40(30-36)45-44(50-43)28-26-41-46(45)51-47(48-41)34-14-5-2-6-15-34/h1-30H. The monoisotopic (exact) mass is 654 g/mol. The third kappa shape index (κ3) is 5.04. The molecule has 4 heteroatoms. The van der Waals surface area contributed by atoms with Crippen molar-refractivity contribution in [2.45, 2.75) is 0 Å². The Labute approximate surface area is 294 Å². The molecule has 0 saturated carbocycles. The molecule has 0 atom stereocenters. The number of para-hydroxylation sites is 1. The number of rotatable bonds is 6. The molecule has 0 aliphatic rings. The Hall–Kier alpha value is -6.91. The Balaban J connectivity index is 1.09. The summed E-state index contributed by atoms with van der Waals surface area (Å²) in [5.74, 6) is 0.601. The molecular formula is C47H30N2O2. The van der Waals surface area contributed by atoms with Crippen LogP contribution in [0.1, 0.15) is 0 Å². The Morgan fingerprint density at radius 2 is 1.10 bits per heavy atom. The number of oxazole rings is 1. The smallest absolute Gasteiger partial charge is 0.227 e. The molecule has 0 amide bonds. The zero-order valence-corrected chi connectivity index (χ0v) is 27.5. The van der Waals surface area contributed by atoms with Crippen LogP contribution in [0.4, 0.5) is 17.1 Å². The number of furan rings is 1. The highest BCUT2D eigenvalue weighted by atomic mass is 16.4. The van der Waals surface area contributed by atoms with E-state index in [0.717, 1.165) is 66.8 Å². The van der Waals surface area contributed by atoms with Crippen molar-refractivity contribution in [1.82, 2.24) is 4.98 Å². The molecule has 0 spiro atoms. The van der Waals surface area contributed by atoms with Crippen LogP contribution in [-0.4, -0.2) is 4.98 Å². The molecular weight excluding hydrogens is 625 g/mol. The van der Waals surface area contributed by atoms with Gasteiger partial charge in [0.1, 0.15) is 16.7 Å². The number of fused-ring (bicyclic) bond motifs is 6. The molecule has 10 aromatic rings. The summed E-state index contributed by atoms with van der Waals surface area (Å²) in [6.45, 7) is 0. The average Bonchev–Trinajstić information content (AvgIpc) is 3.81. The second-order valence-corrected chi connectivity index (χ2v) is 12.8. The zero-order valence-electron chi connectivity index (χ0n) is 27.5. The van der Waals surface area contributed by atoms with Crippen LogP contribution in [0.2, 0.25) is 0 Å². The summed E-state index contributed by atoms with van der Waals surface area (Å²) in [4.78, 5) is 7.16. The lowest BCUT2D eigenvalue weighted by molar-refractivity contribution is 0.622. The largest absolute Gasteiger partial charge is 0.456 e. The van der Waals surface area contributed by atoms with Crippen molar-refractivity contribution in [3.8, 4) is 33.7 Å². The van der Waals surface area contributed by atoms with Crippen LogP contribution in [0.15, 0.2) is 191 Å². The van der Waals surface area contributed by atoms with Gasteiger partial charge in [0, 0.05) is 27.9 Å². The van der Waals surface area contributed by atoms with Gasteiger partial charge in [-0.1, -0.05) is 115 Å². The van der Waals surface area contributed by atoms with Crippen LogP contribution in [0, 0.1) is 0 Å². The lowest BCUT2D eigenvalue weighted by atomic mass is 10.00. The predicted molar refractivity (Wildman–Crippen MR) is 210 cm³/mol. The number of aromatic nitrogens is 1. The van der Waals surface area contributed by atoms with Gasteiger partial charge in [0.05, 0.1) is 11.1 Å². The maximum absolute atomic E-state index is 6.40. The lowest BCUT2D eigenvalue weighted by Gasteiger charge is -2.28. The third-order valence-corrected chi connectivity index (χ3v) is 9.69. The molecule has 8 aromatic carbocycles. The van der Waals surface area contributed by atoms with E-state index in [1.165, 1.54) is 21.9 Å². The summed E-state index contributed by atoms with van der Waals surface area (Å²) in [6.07, 6.45) is 0. The molecule has 0 bridgehead atoms. The molecule has 0 aliphatic carbocycles. The minimum absolute atomic E-state index is 0.601. The highest BCUT2D eigenvalue weighted by molar-refractivity contribution is 6.17. The third-order valence-electron chi connectivity index (χ3n) is 9.69. The van der Waals surface area contributed by atoms with Gasteiger partial charge >= 0.3 is 0 Å². The molecule has 0 fully saturated rings. The van der Waals surface area contributed by atoms with Crippen molar-refractivity contribution in [2.24, 2.45) is 0 Å². The summed E-state index contributed by atoms with van der Waals surface area (Å²) in [7, 11) is 0. The molecule has 0 saturated heterocycles. The second-order valence-electron chi connectivity index (χ2n) is 12.8. The van der Waals surface area contributed by atoms with Crippen LogP contribution in [0.3, 0.4) is 0 Å². The first-order valence-corrected chi connectivity index (χ1v) is 17.1. The Bertz CT molecular complexity index is 2850. The van der Waals surface area contributed by atoms with Gasteiger partial charge in [-0.2, -0.15) is 0 Å². The highest BCUT2D eigenvalue weighted by Gasteiger charge is 2.19.